The Kier molecular flexibility index (Phi) is 5.70. The van der Waals surface area contributed by atoms with Gasteiger partial charge in [0, 0.05) is 18.7 Å². The Morgan fingerprint density at radius 1 is 1.11 bits per heavy atom. The summed E-state index contributed by atoms with van der Waals surface area (Å²) < 4.78 is 34.1. The molecule has 2 aromatic carbocycles. The first-order chi connectivity index (χ1) is 18.4. The number of amides is 3. The van der Waals surface area contributed by atoms with Crippen LogP contribution in [0.15, 0.2) is 48.7 Å². The third kappa shape index (κ3) is 4.29. The number of carbonyl (C=O) groups is 3. The third-order valence-electron chi connectivity index (χ3n) is 6.52. The molecule has 0 fully saturated rings. The quantitative estimate of drug-likeness (QED) is 0.373. The minimum Gasteiger partial charge on any atom is -0.482 e. The molecule has 2 aliphatic rings. The van der Waals surface area contributed by atoms with Crippen LogP contribution in [0.5, 0.6) is 5.75 Å². The molecule has 4 aromatic rings. The number of aryl methyl sites for hydroxylation is 1. The van der Waals surface area contributed by atoms with Crippen LogP contribution in [-0.2, 0) is 17.8 Å². The second-order valence-corrected chi connectivity index (χ2v) is 9.01. The van der Waals surface area contributed by atoms with Crippen molar-refractivity contribution in [2.45, 2.75) is 25.4 Å². The maximum atomic E-state index is 13.8. The van der Waals surface area contributed by atoms with Crippen molar-refractivity contribution >= 4 is 29.1 Å². The van der Waals surface area contributed by atoms with Gasteiger partial charge in [-0.15, -0.1) is 0 Å². The summed E-state index contributed by atoms with van der Waals surface area (Å²) in [5.41, 5.74) is 2.75. The molecule has 2 aromatic heterocycles. The summed E-state index contributed by atoms with van der Waals surface area (Å²) in [5.74, 6) is -2.68. The molecule has 38 heavy (non-hydrogen) atoms. The molecule has 192 valence electrons. The van der Waals surface area contributed by atoms with Gasteiger partial charge < -0.3 is 20.7 Å². The minimum absolute atomic E-state index is 0.00214. The smallest absolute Gasteiger partial charge is 0.270 e. The van der Waals surface area contributed by atoms with E-state index in [1.54, 1.807) is 24.3 Å². The summed E-state index contributed by atoms with van der Waals surface area (Å²) in [4.78, 5) is 42.1. The largest absolute Gasteiger partial charge is 0.482 e. The Morgan fingerprint density at radius 3 is 2.82 bits per heavy atom. The molecule has 1 atom stereocenters. The number of fused-ring (bicyclic) bond motifs is 3. The molecule has 0 unspecified atom stereocenters. The molecule has 10 nitrogen and oxygen atoms in total. The SMILES string of the molecule is O=C1COc2ccc(CNC(=O)c3cc(C(=O)N[C@H]4CCc5cc(F)c(F)cc54)n4nccc4n3)cc2N1. The zero-order valence-corrected chi connectivity index (χ0v) is 19.8. The first kappa shape index (κ1) is 23.5. The lowest BCUT2D eigenvalue weighted by molar-refractivity contribution is -0.118. The topological polar surface area (TPSA) is 127 Å². The number of ether oxygens (including phenoxy) is 1. The molecule has 3 amide bonds. The van der Waals surface area contributed by atoms with Crippen LogP contribution in [-0.4, -0.2) is 38.9 Å². The lowest BCUT2D eigenvalue weighted by Gasteiger charge is -2.18. The van der Waals surface area contributed by atoms with Crippen LogP contribution in [0.25, 0.3) is 5.65 Å². The molecule has 12 heteroatoms. The fourth-order valence-corrected chi connectivity index (χ4v) is 4.69. The van der Waals surface area contributed by atoms with E-state index in [-0.39, 0.29) is 36.1 Å². The third-order valence-corrected chi connectivity index (χ3v) is 6.52. The molecule has 0 saturated carbocycles. The fourth-order valence-electron chi connectivity index (χ4n) is 4.69. The molecule has 3 heterocycles. The van der Waals surface area contributed by atoms with Crippen LogP contribution in [0.4, 0.5) is 14.5 Å². The van der Waals surface area contributed by atoms with Crippen molar-refractivity contribution in [1.29, 1.82) is 0 Å². The number of benzene rings is 2. The molecule has 0 spiro atoms. The van der Waals surface area contributed by atoms with Crippen molar-refractivity contribution in [3.8, 4) is 5.75 Å². The fraction of sp³-hybridized carbons (Fsp3) is 0.192. The number of aromatic nitrogens is 3. The zero-order chi connectivity index (χ0) is 26.4. The summed E-state index contributed by atoms with van der Waals surface area (Å²) in [5, 5.41) is 12.4. The van der Waals surface area contributed by atoms with Crippen molar-refractivity contribution in [2.24, 2.45) is 0 Å². The molecular formula is C26H20F2N6O4. The van der Waals surface area contributed by atoms with E-state index in [1.807, 2.05) is 0 Å². The lowest BCUT2D eigenvalue weighted by Crippen LogP contribution is -2.30. The van der Waals surface area contributed by atoms with Crippen molar-refractivity contribution in [3.05, 3.63) is 88.4 Å². The van der Waals surface area contributed by atoms with E-state index in [0.717, 1.165) is 17.7 Å². The number of halogens is 2. The van der Waals surface area contributed by atoms with Gasteiger partial charge in [0.25, 0.3) is 17.7 Å². The zero-order valence-electron chi connectivity index (χ0n) is 19.8. The second-order valence-electron chi connectivity index (χ2n) is 9.01. The molecule has 3 N–H and O–H groups in total. The van der Waals surface area contributed by atoms with E-state index in [9.17, 15) is 23.2 Å². The van der Waals surface area contributed by atoms with Crippen LogP contribution >= 0.6 is 0 Å². The van der Waals surface area contributed by atoms with E-state index in [1.165, 1.54) is 16.8 Å². The van der Waals surface area contributed by atoms with Gasteiger partial charge in [-0.2, -0.15) is 5.10 Å². The first-order valence-corrected chi connectivity index (χ1v) is 11.8. The van der Waals surface area contributed by atoms with Crippen LogP contribution < -0.4 is 20.7 Å². The molecule has 1 aliphatic heterocycles. The Labute approximate surface area is 214 Å². The molecule has 0 radical (unpaired) electrons. The van der Waals surface area contributed by atoms with Gasteiger partial charge in [-0.25, -0.2) is 18.3 Å². The average molecular weight is 518 g/mol. The highest BCUT2D eigenvalue weighted by molar-refractivity contribution is 5.98. The maximum Gasteiger partial charge on any atom is 0.270 e. The number of hydrogen-bond acceptors (Lipinski definition) is 6. The number of hydrogen-bond donors (Lipinski definition) is 3. The average Bonchev–Trinajstić information content (AvgIpc) is 3.53. The van der Waals surface area contributed by atoms with Crippen molar-refractivity contribution < 1.29 is 27.9 Å². The predicted molar refractivity (Wildman–Crippen MR) is 130 cm³/mol. The number of rotatable bonds is 5. The van der Waals surface area contributed by atoms with E-state index in [4.69, 9.17) is 4.74 Å². The van der Waals surface area contributed by atoms with Crippen molar-refractivity contribution in [3.63, 3.8) is 0 Å². The van der Waals surface area contributed by atoms with Crippen molar-refractivity contribution in [1.82, 2.24) is 25.2 Å². The maximum absolute atomic E-state index is 13.8. The molecule has 1 aliphatic carbocycles. The molecule has 0 saturated heterocycles. The number of anilines is 1. The van der Waals surface area contributed by atoms with Gasteiger partial charge in [-0.1, -0.05) is 6.07 Å². The Morgan fingerprint density at radius 2 is 1.95 bits per heavy atom. The predicted octanol–water partition coefficient (Wildman–Crippen LogP) is 2.69. The van der Waals surface area contributed by atoms with E-state index in [2.05, 4.69) is 26.0 Å². The Hall–Kier alpha value is -4.87. The summed E-state index contributed by atoms with van der Waals surface area (Å²) in [6.07, 6.45) is 2.43. The van der Waals surface area contributed by atoms with Gasteiger partial charge in [0.1, 0.15) is 17.1 Å². The lowest BCUT2D eigenvalue weighted by atomic mass is 10.1. The summed E-state index contributed by atoms with van der Waals surface area (Å²) >= 11 is 0. The van der Waals surface area contributed by atoms with Crippen LogP contribution in [0, 0.1) is 11.6 Å². The first-order valence-electron chi connectivity index (χ1n) is 11.8. The Bertz CT molecular complexity index is 1640. The standard InChI is InChI=1S/C26H20F2N6O4/c27-16-8-14-2-3-18(15(14)9-17(16)28)33-26(37)21-10-20(31-23-5-6-30-34(21)23)25(36)29-11-13-1-4-22-19(7-13)32-24(35)12-38-22/h1,4-10,18H,2-3,11-12H2,(H,29,36)(H,32,35)(H,33,37)/t18-/m0/s1. The van der Waals surface area contributed by atoms with Crippen LogP contribution in [0.1, 0.15) is 50.1 Å². The van der Waals surface area contributed by atoms with Crippen molar-refractivity contribution in [2.75, 3.05) is 11.9 Å². The van der Waals surface area contributed by atoms with E-state index >= 15 is 0 Å². The van der Waals surface area contributed by atoms with Gasteiger partial charge in [0.05, 0.1) is 17.9 Å². The highest BCUT2D eigenvalue weighted by Gasteiger charge is 2.28. The molecule has 0 bridgehead atoms. The molecule has 6 rings (SSSR count). The van der Waals surface area contributed by atoms with Crippen LogP contribution in [0.2, 0.25) is 0 Å². The normalized spacial score (nSPS) is 15.8. The highest BCUT2D eigenvalue weighted by Crippen LogP contribution is 2.33. The monoisotopic (exact) mass is 518 g/mol. The minimum atomic E-state index is -0.976. The van der Waals surface area contributed by atoms with Gasteiger partial charge in [-0.05, 0) is 53.8 Å². The second kappa shape index (κ2) is 9.21. The van der Waals surface area contributed by atoms with Gasteiger partial charge in [-0.3, -0.25) is 14.4 Å². The van der Waals surface area contributed by atoms with Crippen LogP contribution in [0.3, 0.4) is 0 Å². The Balaban J connectivity index is 1.21. The number of nitrogens with zero attached hydrogens (tertiary/aromatic N) is 3. The summed E-state index contributed by atoms with van der Waals surface area (Å²) in [6.45, 7) is 0.0844. The summed E-state index contributed by atoms with van der Waals surface area (Å²) in [7, 11) is 0. The molecular weight excluding hydrogens is 498 g/mol. The van der Waals surface area contributed by atoms with Gasteiger partial charge in [0.2, 0.25) is 0 Å². The van der Waals surface area contributed by atoms with E-state index in [0.29, 0.717) is 35.4 Å². The number of nitrogens with one attached hydrogen (secondary N) is 3. The number of carbonyl (C=O) groups excluding carboxylic acids is 3. The highest BCUT2D eigenvalue weighted by atomic mass is 19.2. The van der Waals surface area contributed by atoms with E-state index < -0.39 is 29.5 Å². The summed E-state index contributed by atoms with van der Waals surface area (Å²) in [6, 6.07) is 9.80. The van der Waals surface area contributed by atoms with Gasteiger partial charge in [0.15, 0.2) is 23.9 Å². The van der Waals surface area contributed by atoms with Gasteiger partial charge >= 0.3 is 0 Å².